The summed E-state index contributed by atoms with van der Waals surface area (Å²) in [4.78, 5) is 41.0. The highest BCUT2D eigenvalue weighted by Gasteiger charge is 2.35. The van der Waals surface area contributed by atoms with E-state index < -0.39 is 0 Å². The van der Waals surface area contributed by atoms with Crippen molar-refractivity contribution in [3.05, 3.63) is 70.8 Å². The van der Waals surface area contributed by atoms with E-state index in [4.69, 9.17) is 0 Å². The fourth-order valence-corrected chi connectivity index (χ4v) is 3.68. The molecule has 6 nitrogen and oxygen atoms in total. The Morgan fingerprint density at radius 2 is 1.75 bits per heavy atom. The Morgan fingerprint density at radius 1 is 1.07 bits per heavy atom. The van der Waals surface area contributed by atoms with Crippen LogP contribution < -0.4 is 5.32 Å². The second-order valence-corrected chi connectivity index (χ2v) is 6.99. The molecule has 2 heterocycles. The maximum Gasteiger partial charge on any atom is 0.261 e. The van der Waals surface area contributed by atoms with Crippen molar-refractivity contribution < 1.29 is 14.4 Å². The van der Waals surface area contributed by atoms with Crippen LogP contribution in [0, 0.1) is 0 Å². The minimum atomic E-state index is -0.289. The van der Waals surface area contributed by atoms with Gasteiger partial charge in [-0.15, -0.1) is 12.4 Å². The molecule has 2 aliphatic heterocycles. The molecule has 3 amide bonds. The molecule has 2 aromatic carbocycles. The quantitative estimate of drug-likeness (QED) is 0.804. The van der Waals surface area contributed by atoms with Gasteiger partial charge >= 0.3 is 0 Å². The molecule has 1 atom stereocenters. The zero-order chi connectivity index (χ0) is 19.0. The number of hydrogen-bond acceptors (Lipinski definition) is 4. The molecule has 0 radical (unpaired) electrons. The molecule has 2 aromatic rings. The smallest absolute Gasteiger partial charge is 0.261 e. The normalized spacial score (nSPS) is 18.7. The number of imide groups is 1. The third-order valence-electron chi connectivity index (χ3n) is 5.15. The summed E-state index contributed by atoms with van der Waals surface area (Å²) in [5, 5.41) is 3.27. The van der Waals surface area contributed by atoms with Crippen LogP contribution in [0.15, 0.2) is 48.5 Å². The molecule has 0 bridgehead atoms. The maximum atomic E-state index is 12.9. The first-order chi connectivity index (χ1) is 13.1. The van der Waals surface area contributed by atoms with E-state index in [1.54, 1.807) is 42.5 Å². The van der Waals surface area contributed by atoms with Gasteiger partial charge in [0.25, 0.3) is 17.7 Å². The molecule has 7 heteroatoms. The van der Waals surface area contributed by atoms with E-state index in [0.717, 1.165) is 18.7 Å². The van der Waals surface area contributed by atoms with Crippen LogP contribution >= 0.6 is 12.4 Å². The third kappa shape index (κ3) is 3.53. The van der Waals surface area contributed by atoms with Gasteiger partial charge in [-0.3, -0.25) is 19.3 Å². The monoisotopic (exact) mass is 399 g/mol. The number of carbonyl (C=O) groups is 3. The van der Waals surface area contributed by atoms with Crippen LogP contribution in [0.1, 0.15) is 43.6 Å². The van der Waals surface area contributed by atoms with Crippen LogP contribution in [0.5, 0.6) is 0 Å². The highest BCUT2D eigenvalue weighted by atomic mass is 35.5. The van der Waals surface area contributed by atoms with E-state index in [9.17, 15) is 14.4 Å². The number of halogens is 1. The van der Waals surface area contributed by atoms with Gasteiger partial charge in [-0.2, -0.15) is 0 Å². The maximum absolute atomic E-state index is 12.9. The lowest BCUT2D eigenvalue weighted by Crippen LogP contribution is -2.52. The van der Waals surface area contributed by atoms with Gasteiger partial charge in [0, 0.05) is 31.2 Å². The second kappa shape index (κ2) is 8.12. The predicted octanol–water partition coefficient (Wildman–Crippen LogP) is 2.34. The molecule has 1 fully saturated rings. The Bertz CT molecular complexity index is 896. The fraction of sp³-hybridized carbons (Fsp3) is 0.286. The number of fused-ring (bicyclic) bond motifs is 1. The van der Waals surface area contributed by atoms with Crippen molar-refractivity contribution in [2.75, 3.05) is 19.6 Å². The number of rotatable bonds is 3. The van der Waals surface area contributed by atoms with E-state index >= 15 is 0 Å². The Kier molecular flexibility index (Phi) is 5.82. The van der Waals surface area contributed by atoms with Crippen molar-refractivity contribution >= 4 is 30.1 Å². The van der Waals surface area contributed by atoms with Gasteiger partial charge in [0.15, 0.2) is 0 Å². The Morgan fingerprint density at radius 3 is 2.39 bits per heavy atom. The first kappa shape index (κ1) is 20.0. The second-order valence-electron chi connectivity index (χ2n) is 6.99. The molecule has 1 N–H and O–H groups in total. The largest absolute Gasteiger partial charge is 0.333 e. The van der Waals surface area contributed by atoms with Crippen molar-refractivity contribution in [1.29, 1.82) is 0 Å². The van der Waals surface area contributed by atoms with Gasteiger partial charge in [-0.25, -0.2) is 0 Å². The molecule has 28 heavy (non-hydrogen) atoms. The topological polar surface area (TPSA) is 69.7 Å². The number of benzene rings is 2. The first-order valence-electron chi connectivity index (χ1n) is 9.12. The lowest BCUT2D eigenvalue weighted by atomic mass is 10.1. The molecule has 1 saturated heterocycles. The van der Waals surface area contributed by atoms with Crippen LogP contribution in [0.4, 0.5) is 0 Å². The molecule has 0 aliphatic carbocycles. The predicted molar refractivity (Wildman–Crippen MR) is 108 cm³/mol. The lowest BCUT2D eigenvalue weighted by molar-refractivity contribution is 0.0640. The summed E-state index contributed by atoms with van der Waals surface area (Å²) in [7, 11) is 0. The van der Waals surface area contributed by atoms with Crippen molar-refractivity contribution in [2.24, 2.45) is 0 Å². The number of hydrogen-bond donors (Lipinski definition) is 1. The molecular formula is C21H22ClN3O3. The number of carbonyl (C=O) groups excluding carboxylic acids is 3. The summed E-state index contributed by atoms with van der Waals surface area (Å²) < 4.78 is 0. The number of piperazine rings is 1. The van der Waals surface area contributed by atoms with Gasteiger partial charge in [0.05, 0.1) is 17.7 Å². The summed E-state index contributed by atoms with van der Waals surface area (Å²) in [6.07, 6.45) is 0. The molecule has 0 aromatic heterocycles. The van der Waals surface area contributed by atoms with E-state index in [-0.39, 0.29) is 42.7 Å². The van der Waals surface area contributed by atoms with Crippen LogP contribution in [0.3, 0.4) is 0 Å². The summed E-state index contributed by atoms with van der Waals surface area (Å²) >= 11 is 0. The Balaban J connectivity index is 0.00000225. The van der Waals surface area contributed by atoms with E-state index in [1.807, 2.05) is 17.9 Å². The highest BCUT2D eigenvalue weighted by Crippen LogP contribution is 2.24. The lowest BCUT2D eigenvalue weighted by Gasteiger charge is -2.34. The average molecular weight is 400 g/mol. The number of amides is 3. The first-order valence-corrected chi connectivity index (χ1v) is 9.12. The molecule has 4 rings (SSSR count). The van der Waals surface area contributed by atoms with E-state index in [2.05, 4.69) is 5.32 Å². The van der Waals surface area contributed by atoms with Crippen molar-refractivity contribution in [3.63, 3.8) is 0 Å². The van der Waals surface area contributed by atoms with Crippen molar-refractivity contribution in [1.82, 2.24) is 15.1 Å². The standard InChI is InChI=1S/C21H21N3O3.ClH/c1-14-12-22-9-10-23(14)19(25)16-6-4-5-15(11-16)13-24-20(26)17-7-2-3-8-18(17)21(24)27;/h2-8,11,14,22H,9-10,12-13H2,1H3;1H/t14-;/m1./s1. The summed E-state index contributed by atoms with van der Waals surface area (Å²) in [6, 6.07) is 14.2. The minimum absolute atomic E-state index is 0. The van der Waals surface area contributed by atoms with Crippen LogP contribution in [0.2, 0.25) is 0 Å². The zero-order valence-electron chi connectivity index (χ0n) is 15.6. The molecule has 0 spiro atoms. The molecule has 0 saturated carbocycles. The van der Waals surface area contributed by atoms with Crippen LogP contribution in [0.25, 0.3) is 0 Å². The third-order valence-corrected chi connectivity index (χ3v) is 5.15. The highest BCUT2D eigenvalue weighted by molar-refractivity contribution is 6.21. The summed E-state index contributed by atoms with van der Waals surface area (Å²) in [5.74, 6) is -0.598. The van der Waals surface area contributed by atoms with Crippen LogP contribution in [-0.4, -0.2) is 53.2 Å². The summed E-state index contributed by atoms with van der Waals surface area (Å²) in [5.41, 5.74) is 2.21. The summed E-state index contributed by atoms with van der Waals surface area (Å²) in [6.45, 7) is 4.41. The van der Waals surface area contributed by atoms with Crippen molar-refractivity contribution in [3.8, 4) is 0 Å². The number of nitrogens with zero attached hydrogens (tertiary/aromatic N) is 2. The fourth-order valence-electron chi connectivity index (χ4n) is 3.68. The zero-order valence-corrected chi connectivity index (χ0v) is 16.4. The Hall–Kier alpha value is -2.70. The SMILES string of the molecule is C[C@@H]1CNCCN1C(=O)c1cccc(CN2C(=O)c3ccccc3C2=O)c1.Cl. The van der Waals surface area contributed by atoms with Gasteiger partial charge in [0.2, 0.25) is 0 Å². The minimum Gasteiger partial charge on any atom is -0.333 e. The van der Waals surface area contributed by atoms with Gasteiger partial charge in [-0.1, -0.05) is 24.3 Å². The van der Waals surface area contributed by atoms with E-state index in [1.165, 1.54) is 4.90 Å². The molecule has 0 unspecified atom stereocenters. The van der Waals surface area contributed by atoms with E-state index in [0.29, 0.717) is 23.2 Å². The average Bonchev–Trinajstić information content (AvgIpc) is 2.93. The van der Waals surface area contributed by atoms with Crippen LogP contribution in [-0.2, 0) is 6.54 Å². The Labute approximate surface area is 169 Å². The van der Waals surface area contributed by atoms with Gasteiger partial charge < -0.3 is 10.2 Å². The van der Waals surface area contributed by atoms with Gasteiger partial charge in [-0.05, 0) is 36.8 Å². The van der Waals surface area contributed by atoms with Crippen molar-refractivity contribution in [2.45, 2.75) is 19.5 Å². The number of nitrogens with one attached hydrogen (secondary N) is 1. The molecule has 2 aliphatic rings. The molecule has 146 valence electrons. The van der Waals surface area contributed by atoms with Gasteiger partial charge in [0.1, 0.15) is 0 Å². The molecular weight excluding hydrogens is 378 g/mol.